The molecule has 2 N–H and O–H groups in total. The third-order valence-corrected chi connectivity index (χ3v) is 3.74. The summed E-state index contributed by atoms with van der Waals surface area (Å²) in [6.45, 7) is 3.72. The molecule has 2 aromatic rings. The van der Waals surface area contributed by atoms with E-state index in [-0.39, 0.29) is 36.8 Å². The van der Waals surface area contributed by atoms with Crippen LogP contribution in [0.25, 0.3) is 11.5 Å². The highest BCUT2D eigenvalue weighted by atomic mass is 35.5. The number of pyridine rings is 1. The fourth-order valence-electron chi connectivity index (χ4n) is 2.60. The van der Waals surface area contributed by atoms with Crippen LogP contribution in [-0.4, -0.2) is 30.0 Å². The fourth-order valence-corrected chi connectivity index (χ4v) is 2.60. The van der Waals surface area contributed by atoms with Crippen LogP contribution in [0.15, 0.2) is 34.9 Å². The molecule has 0 aliphatic carbocycles. The quantitative estimate of drug-likeness (QED) is 0.885. The maximum atomic E-state index is 12.3. The maximum Gasteiger partial charge on any atom is 0.253 e. The van der Waals surface area contributed by atoms with E-state index >= 15 is 0 Å². The van der Waals surface area contributed by atoms with Crippen molar-refractivity contribution in [2.45, 2.75) is 25.8 Å². The Morgan fingerprint density at radius 3 is 2.78 bits per heavy atom. The highest BCUT2D eigenvalue weighted by molar-refractivity contribution is 5.95. The lowest BCUT2D eigenvalue weighted by atomic mass is 10.1. The molecule has 3 heterocycles. The number of nitrogens with zero attached hydrogens (tertiary/aromatic N) is 1. The summed E-state index contributed by atoms with van der Waals surface area (Å²) in [6.07, 6.45) is 3.73. The van der Waals surface area contributed by atoms with Gasteiger partial charge in [-0.1, -0.05) is 0 Å². The Kier molecular flexibility index (Phi) is 7.55. The average molecular weight is 358 g/mol. The van der Waals surface area contributed by atoms with Crippen LogP contribution < -0.4 is 10.6 Å². The number of halogens is 2. The summed E-state index contributed by atoms with van der Waals surface area (Å²) in [5, 5.41) is 6.36. The van der Waals surface area contributed by atoms with Gasteiger partial charge in [-0.3, -0.25) is 4.79 Å². The predicted molar refractivity (Wildman–Crippen MR) is 94.5 cm³/mol. The van der Waals surface area contributed by atoms with Crippen LogP contribution in [0.5, 0.6) is 0 Å². The first kappa shape index (κ1) is 19.5. The highest BCUT2D eigenvalue weighted by Crippen LogP contribution is 2.19. The Hall–Kier alpha value is -1.56. The van der Waals surface area contributed by atoms with Crippen LogP contribution in [0.2, 0.25) is 0 Å². The number of carbonyl (C=O) groups is 1. The zero-order chi connectivity index (χ0) is 14.7. The predicted octanol–water partition coefficient (Wildman–Crippen LogP) is 2.98. The summed E-state index contributed by atoms with van der Waals surface area (Å²) in [4.78, 5) is 16.8. The molecule has 2 aromatic heterocycles. The Labute approximate surface area is 148 Å². The van der Waals surface area contributed by atoms with Crippen molar-refractivity contribution in [3.05, 3.63) is 41.8 Å². The molecule has 23 heavy (non-hydrogen) atoms. The van der Waals surface area contributed by atoms with E-state index in [1.807, 2.05) is 31.2 Å². The molecule has 0 radical (unpaired) electrons. The first-order chi connectivity index (χ1) is 10.2. The zero-order valence-corrected chi connectivity index (χ0v) is 14.5. The molecule has 0 bridgehead atoms. The van der Waals surface area contributed by atoms with Gasteiger partial charge in [-0.15, -0.1) is 24.8 Å². The first-order valence-electron chi connectivity index (χ1n) is 7.27. The lowest BCUT2D eigenvalue weighted by molar-refractivity contribution is 0.0929. The van der Waals surface area contributed by atoms with Gasteiger partial charge in [0.05, 0.1) is 17.5 Å². The van der Waals surface area contributed by atoms with Crippen molar-refractivity contribution < 1.29 is 9.21 Å². The lowest BCUT2D eigenvalue weighted by Crippen LogP contribution is -2.45. The number of hydrogen-bond acceptors (Lipinski definition) is 4. The molecule has 1 aliphatic rings. The second-order valence-corrected chi connectivity index (χ2v) is 5.32. The molecule has 0 saturated carbocycles. The van der Waals surface area contributed by atoms with Crippen molar-refractivity contribution in [1.82, 2.24) is 15.6 Å². The Morgan fingerprint density at radius 1 is 1.35 bits per heavy atom. The number of amides is 1. The minimum absolute atomic E-state index is 0. The van der Waals surface area contributed by atoms with Gasteiger partial charge in [-0.25, -0.2) is 4.98 Å². The van der Waals surface area contributed by atoms with Crippen LogP contribution in [0, 0.1) is 6.92 Å². The van der Waals surface area contributed by atoms with Crippen molar-refractivity contribution in [1.29, 1.82) is 0 Å². The summed E-state index contributed by atoms with van der Waals surface area (Å²) < 4.78 is 5.33. The molecule has 1 saturated heterocycles. The highest BCUT2D eigenvalue weighted by Gasteiger charge is 2.18. The van der Waals surface area contributed by atoms with Gasteiger partial charge >= 0.3 is 0 Å². The molecular formula is C16H21Cl2N3O2. The van der Waals surface area contributed by atoms with Crippen molar-refractivity contribution in [3.63, 3.8) is 0 Å². The van der Waals surface area contributed by atoms with Crippen molar-refractivity contribution in [2.75, 3.05) is 13.1 Å². The Balaban J connectivity index is 0.00000132. The molecule has 0 aromatic carbocycles. The van der Waals surface area contributed by atoms with Gasteiger partial charge in [0.25, 0.3) is 5.91 Å². The summed E-state index contributed by atoms with van der Waals surface area (Å²) >= 11 is 0. The van der Waals surface area contributed by atoms with Crippen LogP contribution in [-0.2, 0) is 0 Å². The van der Waals surface area contributed by atoms with Crippen LogP contribution >= 0.6 is 24.8 Å². The molecule has 1 fully saturated rings. The van der Waals surface area contributed by atoms with E-state index in [1.165, 1.54) is 0 Å². The van der Waals surface area contributed by atoms with E-state index in [4.69, 9.17) is 4.42 Å². The minimum Gasteiger partial charge on any atom is -0.463 e. The van der Waals surface area contributed by atoms with Gasteiger partial charge in [0.15, 0.2) is 5.76 Å². The minimum atomic E-state index is -0.0558. The molecule has 1 atom stereocenters. The Bertz CT molecular complexity index is 626. The van der Waals surface area contributed by atoms with Gasteiger partial charge < -0.3 is 15.1 Å². The molecule has 3 rings (SSSR count). The van der Waals surface area contributed by atoms with E-state index < -0.39 is 0 Å². The molecule has 1 aliphatic heterocycles. The molecule has 5 nitrogen and oxygen atoms in total. The molecule has 1 amide bonds. The van der Waals surface area contributed by atoms with Crippen LogP contribution in [0.4, 0.5) is 0 Å². The second-order valence-electron chi connectivity index (χ2n) is 5.32. The number of piperidine rings is 1. The van der Waals surface area contributed by atoms with Crippen LogP contribution in [0.1, 0.15) is 28.9 Å². The van der Waals surface area contributed by atoms with Crippen LogP contribution in [0.3, 0.4) is 0 Å². The lowest BCUT2D eigenvalue weighted by Gasteiger charge is -2.24. The van der Waals surface area contributed by atoms with Gasteiger partial charge in [0, 0.05) is 12.6 Å². The molecular weight excluding hydrogens is 337 g/mol. The standard InChI is InChI=1S/C16H19N3O2.2ClH/c1-11-13(16(20)19-12-4-2-8-17-10-12)6-7-14(18-11)15-5-3-9-21-15;;/h3,5-7,9,12,17H,2,4,8,10H2,1H3,(H,19,20);2*1H/t12-;;/m0../s1. The Morgan fingerprint density at radius 2 is 2.17 bits per heavy atom. The number of aromatic nitrogens is 1. The molecule has 0 unspecified atom stereocenters. The maximum absolute atomic E-state index is 12.3. The van der Waals surface area contributed by atoms with E-state index in [0.29, 0.717) is 17.0 Å². The van der Waals surface area contributed by atoms with E-state index in [2.05, 4.69) is 15.6 Å². The third kappa shape index (κ3) is 4.70. The second kappa shape index (κ2) is 8.91. The van der Waals surface area contributed by atoms with E-state index in [1.54, 1.807) is 6.26 Å². The first-order valence-corrected chi connectivity index (χ1v) is 7.27. The number of rotatable bonds is 3. The number of furan rings is 1. The average Bonchev–Trinajstić information content (AvgIpc) is 3.02. The largest absolute Gasteiger partial charge is 0.463 e. The van der Waals surface area contributed by atoms with Gasteiger partial charge in [-0.05, 0) is 50.6 Å². The summed E-state index contributed by atoms with van der Waals surface area (Å²) in [6, 6.07) is 7.51. The summed E-state index contributed by atoms with van der Waals surface area (Å²) in [5.74, 6) is 0.654. The smallest absolute Gasteiger partial charge is 0.253 e. The molecule has 126 valence electrons. The van der Waals surface area contributed by atoms with E-state index in [0.717, 1.165) is 31.6 Å². The number of carbonyl (C=O) groups excluding carboxylic acids is 1. The van der Waals surface area contributed by atoms with E-state index in [9.17, 15) is 4.79 Å². The number of nitrogens with one attached hydrogen (secondary N) is 2. The number of hydrogen-bond donors (Lipinski definition) is 2. The SMILES string of the molecule is Cc1nc(-c2ccco2)ccc1C(=O)N[C@H]1CCCNC1.Cl.Cl. The van der Waals surface area contributed by atoms with Gasteiger partial charge in [0.2, 0.25) is 0 Å². The summed E-state index contributed by atoms with van der Waals surface area (Å²) in [5.41, 5.74) is 2.08. The third-order valence-electron chi connectivity index (χ3n) is 3.74. The van der Waals surface area contributed by atoms with Gasteiger partial charge in [-0.2, -0.15) is 0 Å². The monoisotopic (exact) mass is 357 g/mol. The van der Waals surface area contributed by atoms with Crippen molar-refractivity contribution in [2.24, 2.45) is 0 Å². The topological polar surface area (TPSA) is 67.2 Å². The summed E-state index contributed by atoms with van der Waals surface area (Å²) in [7, 11) is 0. The molecule has 0 spiro atoms. The number of aryl methyl sites for hydroxylation is 1. The fraction of sp³-hybridized carbons (Fsp3) is 0.375. The van der Waals surface area contributed by atoms with Crippen molar-refractivity contribution in [3.8, 4) is 11.5 Å². The normalized spacial score (nSPS) is 16.8. The van der Waals surface area contributed by atoms with Gasteiger partial charge in [0.1, 0.15) is 5.69 Å². The zero-order valence-electron chi connectivity index (χ0n) is 12.9. The van der Waals surface area contributed by atoms with Crippen molar-refractivity contribution >= 4 is 30.7 Å². The molecule has 7 heteroatoms.